The van der Waals surface area contributed by atoms with Crippen molar-refractivity contribution in [2.75, 3.05) is 12.8 Å². The molecule has 2 aromatic rings. The van der Waals surface area contributed by atoms with Crippen molar-refractivity contribution in [1.29, 1.82) is 0 Å². The predicted molar refractivity (Wildman–Crippen MR) is 75.6 cm³/mol. The Morgan fingerprint density at radius 3 is 2.79 bits per heavy atom. The molecule has 0 bridgehead atoms. The number of nitrogen functional groups attached to an aromatic ring is 1. The first-order valence-corrected chi connectivity index (χ1v) is 6.63. The Morgan fingerprint density at radius 1 is 1.37 bits per heavy atom. The van der Waals surface area contributed by atoms with Gasteiger partial charge in [-0.3, -0.25) is 0 Å². The minimum atomic E-state index is -0.406. The molecule has 19 heavy (non-hydrogen) atoms. The number of anilines is 1. The minimum absolute atomic E-state index is 0.168. The Morgan fingerprint density at radius 2 is 2.16 bits per heavy atom. The molecule has 1 heterocycles. The van der Waals surface area contributed by atoms with Gasteiger partial charge in [-0.1, -0.05) is 11.6 Å². The number of carbonyl (C=O) groups excluding carboxylic acids is 1. The van der Waals surface area contributed by atoms with E-state index in [2.05, 4.69) is 0 Å². The van der Waals surface area contributed by atoms with Gasteiger partial charge in [0.15, 0.2) is 0 Å². The first kappa shape index (κ1) is 13.4. The molecule has 0 radical (unpaired) electrons. The van der Waals surface area contributed by atoms with Crippen LogP contribution < -0.4 is 10.5 Å². The number of methoxy groups -OCH3 is 1. The van der Waals surface area contributed by atoms with E-state index < -0.39 is 5.97 Å². The van der Waals surface area contributed by atoms with Crippen LogP contribution in [0.25, 0.3) is 0 Å². The highest BCUT2D eigenvalue weighted by Crippen LogP contribution is 2.23. The summed E-state index contributed by atoms with van der Waals surface area (Å²) in [6.45, 7) is 2.14. The molecule has 100 valence electrons. The molecule has 0 saturated heterocycles. The third-order valence-corrected chi connectivity index (χ3v) is 3.59. The van der Waals surface area contributed by atoms with Crippen molar-refractivity contribution in [1.82, 2.24) is 0 Å². The van der Waals surface area contributed by atoms with E-state index in [1.54, 1.807) is 18.6 Å². The lowest BCUT2D eigenvalue weighted by Gasteiger charge is -2.10. The summed E-state index contributed by atoms with van der Waals surface area (Å²) < 4.78 is 10.5. The van der Waals surface area contributed by atoms with Gasteiger partial charge in [0, 0.05) is 5.56 Å². The molecule has 0 aliphatic heterocycles. The molecule has 0 saturated carbocycles. The van der Waals surface area contributed by atoms with Gasteiger partial charge in [0.25, 0.3) is 0 Å². The number of ether oxygens (including phenoxy) is 2. The van der Waals surface area contributed by atoms with Crippen LogP contribution in [0.2, 0.25) is 0 Å². The molecule has 0 fully saturated rings. The lowest BCUT2D eigenvalue weighted by atomic mass is 10.1. The second-order valence-electron chi connectivity index (χ2n) is 4.10. The highest BCUT2D eigenvalue weighted by atomic mass is 32.1. The Labute approximate surface area is 115 Å². The first-order valence-electron chi connectivity index (χ1n) is 5.75. The summed E-state index contributed by atoms with van der Waals surface area (Å²) in [5, 5.41) is 1.76. The van der Waals surface area contributed by atoms with Crippen molar-refractivity contribution < 1.29 is 14.3 Å². The zero-order valence-electron chi connectivity index (χ0n) is 10.8. The topological polar surface area (TPSA) is 61.5 Å². The lowest BCUT2D eigenvalue weighted by Crippen LogP contribution is -2.06. The number of rotatable bonds is 4. The maximum Gasteiger partial charge on any atom is 0.350 e. The average Bonchev–Trinajstić information content (AvgIpc) is 2.82. The van der Waals surface area contributed by atoms with Crippen LogP contribution in [0.4, 0.5) is 5.69 Å². The summed E-state index contributed by atoms with van der Waals surface area (Å²) >= 11 is 1.28. The van der Waals surface area contributed by atoms with Crippen LogP contribution in [0.5, 0.6) is 5.75 Å². The van der Waals surface area contributed by atoms with Crippen LogP contribution in [0.15, 0.2) is 29.6 Å². The fourth-order valence-corrected chi connectivity index (χ4v) is 2.42. The van der Waals surface area contributed by atoms with Crippen LogP contribution in [-0.2, 0) is 11.3 Å². The molecule has 0 amide bonds. The standard InChI is InChI=1S/C14H15NO3S/c1-9-3-4-12(17-2)10(7-9)8-18-14(16)13-11(15)5-6-19-13/h3-7H,8,15H2,1-2H3. The fraction of sp³-hybridized carbons (Fsp3) is 0.214. The van der Waals surface area contributed by atoms with Gasteiger partial charge < -0.3 is 15.2 Å². The summed E-state index contributed by atoms with van der Waals surface area (Å²) in [5.41, 5.74) is 8.05. The molecule has 0 aliphatic carbocycles. The molecule has 0 unspecified atom stereocenters. The molecule has 1 aromatic carbocycles. The van der Waals surface area contributed by atoms with Gasteiger partial charge in [-0.2, -0.15) is 0 Å². The van der Waals surface area contributed by atoms with Crippen molar-refractivity contribution in [2.45, 2.75) is 13.5 Å². The van der Waals surface area contributed by atoms with Gasteiger partial charge in [-0.05, 0) is 30.5 Å². The van der Waals surface area contributed by atoms with Crippen molar-refractivity contribution >= 4 is 23.0 Å². The second kappa shape index (κ2) is 5.75. The van der Waals surface area contributed by atoms with Crippen molar-refractivity contribution in [3.05, 3.63) is 45.6 Å². The van der Waals surface area contributed by atoms with Gasteiger partial charge in [-0.15, -0.1) is 11.3 Å². The van der Waals surface area contributed by atoms with E-state index >= 15 is 0 Å². The van der Waals surface area contributed by atoms with Crippen LogP contribution in [0.1, 0.15) is 20.8 Å². The normalized spacial score (nSPS) is 10.2. The lowest BCUT2D eigenvalue weighted by molar-refractivity contribution is 0.0477. The zero-order valence-corrected chi connectivity index (χ0v) is 11.6. The fourth-order valence-electron chi connectivity index (χ4n) is 1.71. The summed E-state index contributed by atoms with van der Waals surface area (Å²) in [4.78, 5) is 12.3. The van der Waals surface area contributed by atoms with E-state index in [9.17, 15) is 4.79 Å². The monoisotopic (exact) mass is 277 g/mol. The number of esters is 1. The second-order valence-corrected chi connectivity index (χ2v) is 5.01. The number of hydrogen-bond donors (Lipinski definition) is 1. The molecular weight excluding hydrogens is 262 g/mol. The molecule has 2 N–H and O–H groups in total. The van der Waals surface area contributed by atoms with Crippen molar-refractivity contribution in [2.24, 2.45) is 0 Å². The highest BCUT2D eigenvalue weighted by Gasteiger charge is 2.14. The van der Waals surface area contributed by atoms with E-state index in [1.165, 1.54) is 11.3 Å². The first-order chi connectivity index (χ1) is 9.11. The largest absolute Gasteiger partial charge is 0.496 e. The number of hydrogen-bond acceptors (Lipinski definition) is 5. The molecule has 0 aliphatic rings. The zero-order chi connectivity index (χ0) is 13.8. The van der Waals surface area contributed by atoms with Crippen molar-refractivity contribution in [3.63, 3.8) is 0 Å². The quantitative estimate of drug-likeness (QED) is 0.873. The summed E-state index contributed by atoms with van der Waals surface area (Å²) in [6.07, 6.45) is 0. The van der Waals surface area contributed by atoms with Crippen LogP contribution in [0.3, 0.4) is 0 Å². The van der Waals surface area contributed by atoms with E-state index in [0.717, 1.165) is 11.1 Å². The number of nitrogens with two attached hydrogens (primary N) is 1. The Balaban J connectivity index is 2.09. The molecule has 1 aromatic heterocycles. The van der Waals surface area contributed by atoms with E-state index in [1.807, 2.05) is 25.1 Å². The SMILES string of the molecule is COc1ccc(C)cc1COC(=O)c1sccc1N. The smallest absolute Gasteiger partial charge is 0.350 e. The summed E-state index contributed by atoms with van der Waals surface area (Å²) in [5.74, 6) is 0.300. The van der Waals surface area contributed by atoms with Gasteiger partial charge in [0.2, 0.25) is 0 Å². The van der Waals surface area contributed by atoms with Crippen LogP contribution in [-0.4, -0.2) is 13.1 Å². The van der Waals surface area contributed by atoms with E-state index in [-0.39, 0.29) is 6.61 Å². The number of carbonyl (C=O) groups is 1. The summed E-state index contributed by atoms with van der Waals surface area (Å²) in [6, 6.07) is 7.43. The van der Waals surface area contributed by atoms with Gasteiger partial charge in [-0.25, -0.2) is 4.79 Å². The van der Waals surface area contributed by atoms with Crippen LogP contribution in [0, 0.1) is 6.92 Å². The molecule has 0 atom stereocenters. The predicted octanol–water partition coefficient (Wildman–Crippen LogP) is 3.00. The van der Waals surface area contributed by atoms with E-state index in [4.69, 9.17) is 15.2 Å². The summed E-state index contributed by atoms with van der Waals surface area (Å²) in [7, 11) is 1.59. The van der Waals surface area contributed by atoms with Gasteiger partial charge >= 0.3 is 5.97 Å². The third kappa shape index (κ3) is 3.06. The van der Waals surface area contributed by atoms with Gasteiger partial charge in [0.1, 0.15) is 17.2 Å². The molecule has 5 heteroatoms. The maximum absolute atomic E-state index is 11.9. The molecule has 4 nitrogen and oxygen atoms in total. The minimum Gasteiger partial charge on any atom is -0.496 e. The van der Waals surface area contributed by atoms with Crippen molar-refractivity contribution in [3.8, 4) is 5.75 Å². The van der Waals surface area contributed by atoms with E-state index in [0.29, 0.717) is 16.3 Å². The number of benzene rings is 1. The maximum atomic E-state index is 11.9. The number of aryl methyl sites for hydroxylation is 1. The Bertz CT molecular complexity index is 592. The Hall–Kier alpha value is -2.01. The third-order valence-electron chi connectivity index (χ3n) is 2.68. The molecular formula is C14H15NO3S. The molecule has 0 spiro atoms. The Kier molecular flexibility index (Phi) is 4.06. The molecule has 2 rings (SSSR count). The number of thiophene rings is 1. The highest BCUT2D eigenvalue weighted by molar-refractivity contribution is 7.12. The average molecular weight is 277 g/mol. The van der Waals surface area contributed by atoms with Crippen LogP contribution >= 0.6 is 11.3 Å². The van der Waals surface area contributed by atoms with Gasteiger partial charge in [0.05, 0.1) is 12.8 Å².